The maximum atomic E-state index is 11.6. The summed E-state index contributed by atoms with van der Waals surface area (Å²) >= 11 is 0. The van der Waals surface area contributed by atoms with Gasteiger partial charge < -0.3 is 10.0 Å². The number of anilines is 2. The number of rotatable bonds is 5. The highest BCUT2D eigenvalue weighted by Crippen LogP contribution is 2.41. The van der Waals surface area contributed by atoms with Crippen LogP contribution < -0.4 is 4.90 Å². The Morgan fingerprint density at radius 3 is 2.58 bits per heavy atom. The van der Waals surface area contributed by atoms with Crippen LogP contribution in [0.3, 0.4) is 0 Å². The predicted molar refractivity (Wildman–Crippen MR) is 130 cm³/mol. The van der Waals surface area contributed by atoms with Gasteiger partial charge in [-0.15, -0.1) is 0 Å². The van der Waals surface area contributed by atoms with Gasteiger partial charge in [0.25, 0.3) is 0 Å². The summed E-state index contributed by atoms with van der Waals surface area (Å²) in [7, 11) is 4.01. The number of nitrogens with zero attached hydrogens (tertiary/aromatic N) is 4. The number of aromatic nitrogens is 3. The average molecular weight is 437 g/mol. The van der Waals surface area contributed by atoms with Crippen LogP contribution in [0, 0.1) is 0 Å². The first-order valence-corrected chi connectivity index (χ1v) is 11.2. The first kappa shape index (κ1) is 19.7. The molecular formula is C27H24N4O2. The van der Waals surface area contributed by atoms with E-state index in [2.05, 4.69) is 59.4 Å². The molecule has 1 N–H and O–H groups in total. The Bertz CT molecular complexity index is 1450. The van der Waals surface area contributed by atoms with Crippen LogP contribution in [0.2, 0.25) is 0 Å². The second kappa shape index (κ2) is 7.30. The smallest absolute Gasteiger partial charge is 0.336 e. The highest BCUT2D eigenvalue weighted by Gasteiger charge is 2.25. The molecule has 0 amide bonds. The van der Waals surface area contributed by atoms with Crippen LogP contribution in [0.5, 0.6) is 0 Å². The fourth-order valence-corrected chi connectivity index (χ4v) is 4.89. The molecule has 2 aromatic carbocycles. The maximum Gasteiger partial charge on any atom is 0.336 e. The summed E-state index contributed by atoms with van der Waals surface area (Å²) < 4.78 is 1.89. The van der Waals surface area contributed by atoms with Gasteiger partial charge in [-0.1, -0.05) is 12.1 Å². The molecule has 2 heterocycles. The van der Waals surface area contributed by atoms with Crippen LogP contribution in [-0.2, 0) is 13.5 Å². The Kier molecular flexibility index (Phi) is 4.37. The van der Waals surface area contributed by atoms with Gasteiger partial charge >= 0.3 is 5.97 Å². The van der Waals surface area contributed by atoms with Crippen molar-refractivity contribution in [3.8, 4) is 0 Å². The Morgan fingerprint density at radius 2 is 1.85 bits per heavy atom. The van der Waals surface area contributed by atoms with E-state index in [0.717, 1.165) is 50.7 Å². The fraction of sp³-hybridized carbons (Fsp3) is 0.222. The summed E-state index contributed by atoms with van der Waals surface area (Å²) in [4.78, 5) is 18.2. The number of hydrogen-bond donors (Lipinski definition) is 1. The van der Waals surface area contributed by atoms with Crippen molar-refractivity contribution in [3.63, 3.8) is 0 Å². The fourth-order valence-electron chi connectivity index (χ4n) is 4.89. The van der Waals surface area contributed by atoms with Crippen molar-refractivity contribution in [1.29, 1.82) is 0 Å². The second-order valence-electron chi connectivity index (χ2n) is 8.97. The molecule has 1 saturated carbocycles. The van der Waals surface area contributed by atoms with E-state index in [4.69, 9.17) is 5.10 Å². The molecule has 164 valence electrons. The normalized spacial score (nSPS) is 14.9. The van der Waals surface area contributed by atoms with E-state index >= 15 is 0 Å². The topological polar surface area (TPSA) is 71.2 Å². The second-order valence-corrected chi connectivity index (χ2v) is 8.97. The summed E-state index contributed by atoms with van der Waals surface area (Å²) in [6.45, 7) is 0. The van der Waals surface area contributed by atoms with Gasteiger partial charge in [-0.2, -0.15) is 5.10 Å². The number of benzene rings is 2. The highest BCUT2D eigenvalue weighted by molar-refractivity contribution is 6.01. The number of pyridine rings is 1. The molecular weight excluding hydrogens is 412 g/mol. The molecule has 6 heteroatoms. The van der Waals surface area contributed by atoms with Gasteiger partial charge in [0, 0.05) is 43.5 Å². The summed E-state index contributed by atoms with van der Waals surface area (Å²) in [5.41, 5.74) is 8.41. The Hall–Kier alpha value is -3.93. The Morgan fingerprint density at radius 1 is 1.09 bits per heavy atom. The van der Waals surface area contributed by atoms with E-state index in [0.29, 0.717) is 12.0 Å². The third kappa shape index (κ3) is 3.30. The van der Waals surface area contributed by atoms with Crippen LogP contribution in [-0.4, -0.2) is 32.9 Å². The molecule has 0 spiro atoms. The van der Waals surface area contributed by atoms with Crippen LogP contribution in [0.15, 0.2) is 54.7 Å². The molecule has 0 bridgehead atoms. The van der Waals surface area contributed by atoms with Gasteiger partial charge in [0.2, 0.25) is 0 Å². The standard InChI is InChI=1S/C27H24N4O2/c1-30(19-7-5-17(6-8-19)16-3-4-16)20-9-10-22-25(15-20)29-31(2)26(22)18-13-23-21(27(32)33)11-12-28-24(23)14-18/h5-12,14-16H,3-4,13H2,1-2H3,(H,32,33). The monoisotopic (exact) mass is 436 g/mol. The molecule has 33 heavy (non-hydrogen) atoms. The lowest BCUT2D eigenvalue weighted by Gasteiger charge is -2.20. The quantitative estimate of drug-likeness (QED) is 0.453. The number of aryl methyl sites for hydroxylation is 1. The van der Waals surface area contributed by atoms with Crippen molar-refractivity contribution < 1.29 is 9.90 Å². The third-order valence-electron chi connectivity index (χ3n) is 6.84. The lowest BCUT2D eigenvalue weighted by molar-refractivity contribution is 0.0695. The minimum Gasteiger partial charge on any atom is -0.478 e. The Balaban J connectivity index is 1.33. The largest absolute Gasteiger partial charge is 0.478 e. The van der Waals surface area contributed by atoms with Crippen molar-refractivity contribution in [3.05, 3.63) is 82.8 Å². The maximum absolute atomic E-state index is 11.6. The van der Waals surface area contributed by atoms with Crippen molar-refractivity contribution in [1.82, 2.24) is 14.8 Å². The zero-order valence-electron chi connectivity index (χ0n) is 18.6. The number of carboxylic acids is 1. The molecule has 2 aromatic heterocycles. The first-order valence-electron chi connectivity index (χ1n) is 11.2. The van der Waals surface area contributed by atoms with Crippen LogP contribution in [0.4, 0.5) is 11.4 Å². The van der Waals surface area contributed by atoms with Gasteiger partial charge in [0.15, 0.2) is 0 Å². The van der Waals surface area contributed by atoms with E-state index in [-0.39, 0.29) is 0 Å². The highest BCUT2D eigenvalue weighted by atomic mass is 16.4. The minimum absolute atomic E-state index is 0.314. The molecule has 2 aliphatic carbocycles. The molecule has 0 radical (unpaired) electrons. The molecule has 4 aromatic rings. The van der Waals surface area contributed by atoms with Gasteiger partial charge in [0.05, 0.1) is 22.5 Å². The van der Waals surface area contributed by atoms with E-state index in [1.807, 2.05) is 17.8 Å². The lowest BCUT2D eigenvalue weighted by atomic mass is 10.0. The number of hydrogen-bond acceptors (Lipinski definition) is 4. The van der Waals surface area contributed by atoms with E-state index in [1.165, 1.54) is 18.4 Å². The molecule has 0 saturated heterocycles. The number of carboxylic acid groups (broad SMARTS) is 1. The summed E-state index contributed by atoms with van der Waals surface area (Å²) in [5, 5.41) is 15.4. The van der Waals surface area contributed by atoms with Crippen molar-refractivity contribution in [2.75, 3.05) is 11.9 Å². The van der Waals surface area contributed by atoms with Crippen LogP contribution in [0.1, 0.15) is 51.6 Å². The molecule has 1 fully saturated rings. The molecule has 6 rings (SSSR count). The van der Waals surface area contributed by atoms with Crippen LogP contribution >= 0.6 is 0 Å². The predicted octanol–water partition coefficient (Wildman–Crippen LogP) is 5.41. The summed E-state index contributed by atoms with van der Waals surface area (Å²) in [6.07, 6.45) is 6.70. The van der Waals surface area contributed by atoms with Gasteiger partial charge in [0.1, 0.15) is 0 Å². The van der Waals surface area contributed by atoms with Gasteiger partial charge in [-0.05, 0) is 77.9 Å². The van der Waals surface area contributed by atoms with E-state index < -0.39 is 5.97 Å². The van der Waals surface area contributed by atoms with Gasteiger partial charge in [-0.3, -0.25) is 9.67 Å². The van der Waals surface area contributed by atoms with E-state index in [1.54, 1.807) is 12.3 Å². The van der Waals surface area contributed by atoms with Crippen molar-refractivity contribution >= 4 is 39.9 Å². The minimum atomic E-state index is -0.920. The zero-order valence-corrected chi connectivity index (χ0v) is 18.6. The number of allylic oxidation sites excluding steroid dienone is 1. The molecule has 0 unspecified atom stereocenters. The van der Waals surface area contributed by atoms with Crippen molar-refractivity contribution in [2.45, 2.75) is 25.2 Å². The SMILES string of the molecule is CN(c1ccc(C2CC2)cc1)c1ccc2c(C3=Cc4nccc(C(=O)O)c4C3)n(C)nc2c1. The molecule has 6 nitrogen and oxygen atoms in total. The molecule has 0 atom stereocenters. The number of fused-ring (bicyclic) bond motifs is 2. The number of carbonyl (C=O) groups is 1. The lowest BCUT2D eigenvalue weighted by Crippen LogP contribution is -2.09. The summed E-state index contributed by atoms with van der Waals surface area (Å²) in [6, 6.07) is 16.8. The first-order chi connectivity index (χ1) is 16.0. The molecule has 2 aliphatic rings. The summed E-state index contributed by atoms with van der Waals surface area (Å²) in [5.74, 6) is -0.165. The van der Waals surface area contributed by atoms with Gasteiger partial charge in [-0.25, -0.2) is 4.79 Å². The number of aromatic carboxylic acids is 1. The third-order valence-corrected chi connectivity index (χ3v) is 6.84. The van der Waals surface area contributed by atoms with Crippen LogP contribution in [0.25, 0.3) is 22.6 Å². The average Bonchev–Trinajstić information content (AvgIpc) is 3.49. The Labute approximate surface area is 191 Å². The van der Waals surface area contributed by atoms with Crippen molar-refractivity contribution in [2.24, 2.45) is 7.05 Å². The van der Waals surface area contributed by atoms with E-state index in [9.17, 15) is 9.90 Å². The molecule has 0 aliphatic heterocycles. The zero-order chi connectivity index (χ0) is 22.7.